The average Bonchev–Trinajstić information content (AvgIpc) is 2.74. The number of halogens is 1. The highest BCUT2D eigenvalue weighted by atomic mass is 79.9. The van der Waals surface area contributed by atoms with Crippen molar-refractivity contribution in [1.29, 1.82) is 0 Å². The van der Waals surface area contributed by atoms with E-state index in [0.717, 1.165) is 23.1 Å². The van der Waals surface area contributed by atoms with Crippen molar-refractivity contribution in [2.45, 2.75) is 33.2 Å². The van der Waals surface area contributed by atoms with Gasteiger partial charge in [-0.05, 0) is 53.5 Å². The molecule has 1 unspecified atom stereocenters. The van der Waals surface area contributed by atoms with Crippen molar-refractivity contribution in [3.05, 3.63) is 49.9 Å². The van der Waals surface area contributed by atoms with Crippen LogP contribution in [-0.4, -0.2) is 11.5 Å². The summed E-state index contributed by atoms with van der Waals surface area (Å²) in [4.78, 5) is 6.00. The molecule has 2 rings (SSSR count). The number of likely N-dealkylation sites (N-methyl/N-ethyl adjacent to an activating group) is 1. The van der Waals surface area contributed by atoms with E-state index in [-0.39, 0.29) is 6.04 Å². The van der Waals surface area contributed by atoms with Crippen LogP contribution in [0, 0.1) is 13.8 Å². The summed E-state index contributed by atoms with van der Waals surface area (Å²) in [5, 5.41) is 5.68. The van der Waals surface area contributed by atoms with E-state index in [9.17, 15) is 0 Å². The molecule has 2 heterocycles. The van der Waals surface area contributed by atoms with Crippen LogP contribution in [0.15, 0.2) is 28.2 Å². The number of aryl methyl sites for hydroxylation is 2. The van der Waals surface area contributed by atoms with Crippen LogP contribution in [-0.2, 0) is 6.42 Å². The Morgan fingerprint density at radius 1 is 1.37 bits per heavy atom. The number of nitrogens with zero attached hydrogens (tertiary/aromatic N) is 1. The van der Waals surface area contributed by atoms with E-state index in [1.54, 1.807) is 11.3 Å². The maximum absolute atomic E-state index is 4.63. The van der Waals surface area contributed by atoms with Crippen LogP contribution in [0.3, 0.4) is 0 Å². The fraction of sp³-hybridized carbons (Fsp3) is 0.400. The Bertz CT molecular complexity index is 551. The van der Waals surface area contributed by atoms with Crippen LogP contribution < -0.4 is 5.32 Å². The monoisotopic (exact) mass is 338 g/mol. The maximum Gasteiger partial charge on any atom is 0.0606 e. The Hall–Kier alpha value is -0.710. The molecule has 1 N–H and O–H groups in total. The summed E-state index contributed by atoms with van der Waals surface area (Å²) in [6.45, 7) is 7.32. The first kappa shape index (κ1) is 14.7. The van der Waals surface area contributed by atoms with Gasteiger partial charge in [0.25, 0.3) is 0 Å². The maximum atomic E-state index is 4.63. The minimum absolute atomic E-state index is 0.288. The first-order valence-electron chi connectivity index (χ1n) is 6.49. The molecule has 0 aliphatic carbocycles. The Labute approximate surface area is 127 Å². The van der Waals surface area contributed by atoms with Crippen LogP contribution in [0.4, 0.5) is 0 Å². The first-order valence-corrected chi connectivity index (χ1v) is 8.17. The van der Waals surface area contributed by atoms with Gasteiger partial charge in [-0.15, -0.1) is 11.3 Å². The third-order valence-electron chi connectivity index (χ3n) is 3.06. The topological polar surface area (TPSA) is 24.9 Å². The molecule has 0 aromatic carbocycles. The van der Waals surface area contributed by atoms with Crippen molar-refractivity contribution in [3.8, 4) is 0 Å². The van der Waals surface area contributed by atoms with Crippen LogP contribution in [0.5, 0.6) is 0 Å². The van der Waals surface area contributed by atoms with Gasteiger partial charge in [0.15, 0.2) is 0 Å². The molecule has 0 amide bonds. The lowest BCUT2D eigenvalue weighted by Crippen LogP contribution is -2.24. The predicted octanol–water partition coefficient (Wildman–Crippen LogP) is 4.42. The van der Waals surface area contributed by atoms with Crippen LogP contribution in [0.1, 0.15) is 34.7 Å². The summed E-state index contributed by atoms with van der Waals surface area (Å²) < 4.78 is 1.16. The number of hydrogen-bond donors (Lipinski definition) is 1. The summed E-state index contributed by atoms with van der Waals surface area (Å²) in [7, 11) is 0. The number of aromatic nitrogens is 1. The lowest BCUT2D eigenvalue weighted by Gasteiger charge is -2.19. The molecule has 2 nitrogen and oxygen atoms in total. The fourth-order valence-electron chi connectivity index (χ4n) is 2.26. The van der Waals surface area contributed by atoms with Gasteiger partial charge >= 0.3 is 0 Å². The summed E-state index contributed by atoms with van der Waals surface area (Å²) in [6, 6.07) is 4.69. The number of nitrogens with one attached hydrogen (secondary N) is 1. The molecular weight excluding hydrogens is 320 g/mol. The van der Waals surface area contributed by atoms with E-state index in [4.69, 9.17) is 0 Å². The van der Waals surface area contributed by atoms with Gasteiger partial charge in [0.1, 0.15) is 0 Å². The zero-order valence-electron chi connectivity index (χ0n) is 11.5. The van der Waals surface area contributed by atoms with Crippen LogP contribution >= 0.6 is 27.3 Å². The molecule has 0 fully saturated rings. The second kappa shape index (κ2) is 6.64. The van der Waals surface area contributed by atoms with Gasteiger partial charge in [0.05, 0.1) is 11.7 Å². The van der Waals surface area contributed by atoms with Gasteiger partial charge in [0, 0.05) is 27.3 Å². The number of thiophene rings is 1. The van der Waals surface area contributed by atoms with Gasteiger partial charge in [0.2, 0.25) is 0 Å². The fourth-order valence-corrected chi connectivity index (χ4v) is 3.76. The van der Waals surface area contributed by atoms with E-state index in [1.165, 1.54) is 16.0 Å². The smallest absolute Gasteiger partial charge is 0.0606 e. The van der Waals surface area contributed by atoms with Crippen molar-refractivity contribution >= 4 is 27.3 Å². The van der Waals surface area contributed by atoms with E-state index in [1.807, 2.05) is 6.20 Å². The van der Waals surface area contributed by atoms with Gasteiger partial charge in [-0.2, -0.15) is 0 Å². The minimum atomic E-state index is 0.288. The van der Waals surface area contributed by atoms with E-state index < -0.39 is 0 Å². The molecule has 0 bridgehead atoms. The summed E-state index contributed by atoms with van der Waals surface area (Å²) in [5.74, 6) is 0. The molecule has 1 atom stereocenters. The van der Waals surface area contributed by atoms with Gasteiger partial charge in [-0.25, -0.2) is 0 Å². The van der Waals surface area contributed by atoms with Gasteiger partial charge < -0.3 is 5.32 Å². The van der Waals surface area contributed by atoms with Crippen molar-refractivity contribution in [2.24, 2.45) is 0 Å². The molecule has 0 aliphatic rings. The second-order valence-electron chi connectivity index (χ2n) is 4.76. The zero-order chi connectivity index (χ0) is 13.8. The SMILES string of the molecule is CCNC(Cc1cc(Br)cs1)c1ncc(C)cc1C. The van der Waals surface area contributed by atoms with E-state index >= 15 is 0 Å². The quantitative estimate of drug-likeness (QED) is 0.872. The van der Waals surface area contributed by atoms with Crippen LogP contribution in [0.2, 0.25) is 0 Å². The molecule has 4 heteroatoms. The molecular formula is C15H19BrN2S. The summed E-state index contributed by atoms with van der Waals surface area (Å²) >= 11 is 5.31. The predicted molar refractivity (Wildman–Crippen MR) is 85.9 cm³/mol. The Balaban J connectivity index is 2.23. The second-order valence-corrected chi connectivity index (χ2v) is 6.67. The highest BCUT2D eigenvalue weighted by Crippen LogP contribution is 2.26. The van der Waals surface area contributed by atoms with Crippen molar-refractivity contribution in [3.63, 3.8) is 0 Å². The summed E-state index contributed by atoms with van der Waals surface area (Å²) in [6.07, 6.45) is 2.94. The van der Waals surface area contributed by atoms with Crippen LogP contribution in [0.25, 0.3) is 0 Å². The van der Waals surface area contributed by atoms with Crippen molar-refractivity contribution in [2.75, 3.05) is 6.54 Å². The molecule has 0 radical (unpaired) electrons. The Kier molecular flexibility index (Phi) is 5.13. The highest BCUT2D eigenvalue weighted by Gasteiger charge is 2.16. The Morgan fingerprint density at radius 2 is 2.16 bits per heavy atom. The third-order valence-corrected chi connectivity index (χ3v) is 4.78. The first-order chi connectivity index (χ1) is 9.10. The van der Waals surface area contributed by atoms with E-state index in [2.05, 4.69) is 64.5 Å². The minimum Gasteiger partial charge on any atom is -0.309 e. The standard InChI is InChI=1S/C15H19BrN2S/c1-4-17-14(7-13-6-12(16)9-19-13)15-11(3)5-10(2)8-18-15/h5-6,8-9,14,17H,4,7H2,1-3H3. The van der Waals surface area contributed by atoms with Crippen molar-refractivity contribution in [1.82, 2.24) is 10.3 Å². The molecule has 0 aliphatic heterocycles. The van der Waals surface area contributed by atoms with Gasteiger partial charge in [-0.1, -0.05) is 13.0 Å². The van der Waals surface area contributed by atoms with E-state index in [0.29, 0.717) is 0 Å². The van der Waals surface area contributed by atoms with Gasteiger partial charge in [-0.3, -0.25) is 4.98 Å². The largest absolute Gasteiger partial charge is 0.309 e. The molecule has 102 valence electrons. The average molecular weight is 339 g/mol. The Morgan fingerprint density at radius 3 is 2.74 bits per heavy atom. The lowest BCUT2D eigenvalue weighted by atomic mass is 10.0. The molecule has 2 aromatic heterocycles. The third kappa shape index (κ3) is 3.88. The number of pyridine rings is 1. The highest BCUT2D eigenvalue weighted by molar-refractivity contribution is 9.10. The molecule has 0 spiro atoms. The lowest BCUT2D eigenvalue weighted by molar-refractivity contribution is 0.537. The molecule has 2 aromatic rings. The number of rotatable bonds is 5. The normalized spacial score (nSPS) is 12.6. The zero-order valence-corrected chi connectivity index (χ0v) is 13.9. The number of hydrogen-bond acceptors (Lipinski definition) is 3. The summed E-state index contributed by atoms with van der Waals surface area (Å²) in [5.41, 5.74) is 3.65. The molecule has 0 saturated carbocycles. The van der Waals surface area contributed by atoms with Crippen molar-refractivity contribution < 1.29 is 0 Å². The molecule has 0 saturated heterocycles. The molecule has 19 heavy (non-hydrogen) atoms.